The Hall–Kier alpha value is -1.75. The van der Waals surface area contributed by atoms with Crippen LogP contribution in [0.15, 0.2) is 18.2 Å². The molecule has 4 nitrogen and oxygen atoms in total. The first-order valence-corrected chi connectivity index (χ1v) is 7.74. The van der Waals surface area contributed by atoms with E-state index in [1.807, 2.05) is 19.9 Å². The predicted molar refractivity (Wildman–Crippen MR) is 85.5 cm³/mol. The van der Waals surface area contributed by atoms with Crippen LogP contribution in [-0.4, -0.2) is 29.6 Å². The SMILES string of the molecule is COC(=O)CC(=O)CC(O)(CCc1cccc(F)c1C)C(C)C. The van der Waals surface area contributed by atoms with Crippen LogP contribution in [-0.2, 0) is 20.7 Å². The number of aryl methyl sites for hydroxylation is 1. The number of methoxy groups -OCH3 is 1. The zero-order valence-corrected chi connectivity index (χ0v) is 14.2. The maximum Gasteiger partial charge on any atom is 0.313 e. The Morgan fingerprint density at radius 2 is 2.00 bits per heavy atom. The Kier molecular flexibility index (Phi) is 6.88. The van der Waals surface area contributed by atoms with Crippen molar-refractivity contribution in [2.24, 2.45) is 5.92 Å². The number of Topliss-reactive ketones (excluding diaryl/α,β-unsaturated/α-hetero) is 1. The molecule has 0 amide bonds. The smallest absolute Gasteiger partial charge is 0.313 e. The normalized spacial score (nSPS) is 13.7. The molecule has 1 N–H and O–H groups in total. The van der Waals surface area contributed by atoms with Crippen LogP contribution in [0.4, 0.5) is 4.39 Å². The minimum Gasteiger partial charge on any atom is -0.469 e. The highest BCUT2D eigenvalue weighted by Crippen LogP contribution is 2.29. The minimum absolute atomic E-state index is 0.117. The molecule has 0 aliphatic carbocycles. The van der Waals surface area contributed by atoms with Crippen LogP contribution in [0, 0.1) is 18.7 Å². The number of esters is 1. The van der Waals surface area contributed by atoms with Crippen molar-refractivity contribution in [3.05, 3.63) is 35.1 Å². The topological polar surface area (TPSA) is 63.6 Å². The number of aliphatic hydroxyl groups is 1. The summed E-state index contributed by atoms with van der Waals surface area (Å²) in [5.74, 6) is -1.42. The summed E-state index contributed by atoms with van der Waals surface area (Å²) >= 11 is 0. The molecule has 128 valence electrons. The second kappa shape index (κ2) is 8.20. The highest BCUT2D eigenvalue weighted by atomic mass is 19.1. The number of rotatable bonds is 8. The van der Waals surface area contributed by atoms with Crippen molar-refractivity contribution in [3.8, 4) is 0 Å². The summed E-state index contributed by atoms with van der Waals surface area (Å²) in [7, 11) is 1.22. The number of carbonyl (C=O) groups excluding carboxylic acids is 2. The third-order valence-corrected chi connectivity index (χ3v) is 4.35. The molecule has 5 heteroatoms. The number of benzene rings is 1. The molecule has 0 bridgehead atoms. The Morgan fingerprint density at radius 1 is 1.35 bits per heavy atom. The zero-order valence-electron chi connectivity index (χ0n) is 14.2. The maximum atomic E-state index is 13.6. The Balaban J connectivity index is 2.79. The monoisotopic (exact) mass is 324 g/mol. The average Bonchev–Trinajstić information content (AvgIpc) is 2.48. The Morgan fingerprint density at radius 3 is 2.57 bits per heavy atom. The van der Waals surface area contributed by atoms with E-state index < -0.39 is 11.6 Å². The van der Waals surface area contributed by atoms with Gasteiger partial charge in [-0.3, -0.25) is 9.59 Å². The van der Waals surface area contributed by atoms with Gasteiger partial charge in [0.25, 0.3) is 0 Å². The molecule has 0 heterocycles. The molecule has 1 aromatic rings. The second-order valence-electron chi connectivity index (χ2n) is 6.25. The van der Waals surface area contributed by atoms with Crippen molar-refractivity contribution in [1.29, 1.82) is 0 Å². The quantitative estimate of drug-likeness (QED) is 0.590. The maximum absolute atomic E-state index is 13.6. The molecule has 1 atom stereocenters. The van der Waals surface area contributed by atoms with Crippen molar-refractivity contribution >= 4 is 11.8 Å². The molecule has 0 saturated heterocycles. The summed E-state index contributed by atoms with van der Waals surface area (Å²) in [4.78, 5) is 23.1. The first-order chi connectivity index (χ1) is 10.7. The van der Waals surface area contributed by atoms with Crippen molar-refractivity contribution in [1.82, 2.24) is 0 Å². The number of ether oxygens (including phenoxy) is 1. The number of hydrogen-bond acceptors (Lipinski definition) is 4. The van der Waals surface area contributed by atoms with Gasteiger partial charge in [0, 0.05) is 6.42 Å². The van der Waals surface area contributed by atoms with E-state index in [4.69, 9.17) is 0 Å². The van der Waals surface area contributed by atoms with Crippen LogP contribution in [0.2, 0.25) is 0 Å². The van der Waals surface area contributed by atoms with Gasteiger partial charge in [-0.25, -0.2) is 4.39 Å². The lowest BCUT2D eigenvalue weighted by Crippen LogP contribution is -2.38. The van der Waals surface area contributed by atoms with Gasteiger partial charge >= 0.3 is 5.97 Å². The van der Waals surface area contributed by atoms with E-state index >= 15 is 0 Å². The summed E-state index contributed by atoms with van der Waals surface area (Å²) in [6.07, 6.45) is 0.324. The molecule has 0 fully saturated rings. The first kappa shape index (κ1) is 19.3. The van der Waals surface area contributed by atoms with Crippen LogP contribution < -0.4 is 0 Å². The number of halogens is 1. The average molecular weight is 324 g/mol. The summed E-state index contributed by atoms with van der Waals surface area (Å²) in [6.45, 7) is 5.34. The van der Waals surface area contributed by atoms with Crippen LogP contribution in [0.3, 0.4) is 0 Å². The van der Waals surface area contributed by atoms with Crippen LogP contribution in [0.1, 0.15) is 44.2 Å². The number of ketones is 1. The van der Waals surface area contributed by atoms with E-state index in [-0.39, 0.29) is 30.4 Å². The molecule has 1 unspecified atom stereocenters. The lowest BCUT2D eigenvalue weighted by atomic mass is 9.80. The van der Waals surface area contributed by atoms with Gasteiger partial charge in [0.05, 0.1) is 12.7 Å². The van der Waals surface area contributed by atoms with Crippen molar-refractivity contribution < 1.29 is 23.8 Å². The van der Waals surface area contributed by atoms with Crippen LogP contribution in [0.25, 0.3) is 0 Å². The minimum atomic E-state index is -1.23. The van der Waals surface area contributed by atoms with Crippen molar-refractivity contribution in [3.63, 3.8) is 0 Å². The van der Waals surface area contributed by atoms with Crippen LogP contribution >= 0.6 is 0 Å². The van der Waals surface area contributed by atoms with Gasteiger partial charge < -0.3 is 9.84 Å². The number of carbonyl (C=O) groups is 2. The van der Waals surface area contributed by atoms with Gasteiger partial charge in [0.1, 0.15) is 18.0 Å². The van der Waals surface area contributed by atoms with Gasteiger partial charge in [-0.2, -0.15) is 0 Å². The van der Waals surface area contributed by atoms with Gasteiger partial charge in [-0.05, 0) is 42.9 Å². The molecule has 0 aromatic heterocycles. The highest BCUT2D eigenvalue weighted by molar-refractivity contribution is 5.95. The van der Waals surface area contributed by atoms with E-state index in [1.165, 1.54) is 13.2 Å². The van der Waals surface area contributed by atoms with Gasteiger partial charge in [0.15, 0.2) is 0 Å². The van der Waals surface area contributed by atoms with E-state index in [0.29, 0.717) is 18.4 Å². The molecule has 1 aromatic carbocycles. The van der Waals surface area contributed by atoms with Crippen molar-refractivity contribution in [2.75, 3.05) is 7.11 Å². The third-order valence-electron chi connectivity index (χ3n) is 4.35. The fraction of sp³-hybridized carbons (Fsp3) is 0.556. The Labute approximate surface area is 136 Å². The summed E-state index contributed by atoms with van der Waals surface area (Å²) in [5.41, 5.74) is 0.133. The molecular formula is C18H25FO4. The highest BCUT2D eigenvalue weighted by Gasteiger charge is 2.34. The van der Waals surface area contributed by atoms with Gasteiger partial charge in [-0.15, -0.1) is 0 Å². The molecule has 0 aliphatic rings. The molecule has 0 radical (unpaired) electrons. The molecule has 1 rings (SSSR count). The molecular weight excluding hydrogens is 299 g/mol. The van der Waals surface area contributed by atoms with E-state index in [0.717, 1.165) is 5.56 Å². The van der Waals surface area contributed by atoms with E-state index in [9.17, 15) is 19.1 Å². The van der Waals surface area contributed by atoms with Crippen LogP contribution in [0.5, 0.6) is 0 Å². The third kappa shape index (κ3) is 5.43. The molecule has 0 aliphatic heterocycles. The molecule has 0 spiro atoms. The first-order valence-electron chi connectivity index (χ1n) is 7.74. The fourth-order valence-corrected chi connectivity index (χ4v) is 2.49. The summed E-state index contributed by atoms with van der Waals surface area (Å²) in [5, 5.41) is 10.8. The number of hydrogen-bond donors (Lipinski definition) is 1. The van der Waals surface area contributed by atoms with Crippen molar-refractivity contribution in [2.45, 2.75) is 52.1 Å². The fourth-order valence-electron chi connectivity index (χ4n) is 2.49. The molecule has 23 heavy (non-hydrogen) atoms. The van der Waals surface area contributed by atoms with Gasteiger partial charge in [-0.1, -0.05) is 26.0 Å². The van der Waals surface area contributed by atoms with Gasteiger partial charge in [0.2, 0.25) is 0 Å². The lowest BCUT2D eigenvalue weighted by molar-refractivity contribution is -0.144. The summed E-state index contributed by atoms with van der Waals surface area (Å²) in [6, 6.07) is 4.84. The predicted octanol–water partition coefficient (Wildman–Crippen LogP) is 2.98. The van der Waals surface area contributed by atoms with E-state index in [1.54, 1.807) is 13.0 Å². The second-order valence-corrected chi connectivity index (χ2v) is 6.25. The lowest BCUT2D eigenvalue weighted by Gasteiger charge is -2.32. The summed E-state index contributed by atoms with van der Waals surface area (Å²) < 4.78 is 18.1. The standard InChI is InChI=1S/C18H25FO4/c1-12(2)18(22,11-15(20)10-17(21)23-4)9-8-14-6-5-7-16(19)13(14)3/h5-7,12,22H,8-11H2,1-4H3. The Bertz CT molecular complexity index is 568. The van der Waals surface area contributed by atoms with E-state index in [2.05, 4.69) is 4.74 Å². The zero-order chi connectivity index (χ0) is 17.6. The molecule has 0 saturated carbocycles. The largest absolute Gasteiger partial charge is 0.469 e.